The molecular formula is C43H54ClN3O10S. The molecule has 2 unspecified atom stereocenters. The Morgan fingerprint density at radius 2 is 1.64 bits per heavy atom. The number of nitrogens with zero attached hydrogens (tertiary/aromatic N) is 3. The third-order valence-electron chi connectivity index (χ3n) is 9.26. The zero-order valence-electron chi connectivity index (χ0n) is 34.1. The molecule has 3 aromatic carbocycles. The SMILES string of the molecule is COc1ccccc1COCCCOc1ccc(C2CCN(C(=O)OC(C)(C)C)CC2OCCOc2nc(C)nc(Cl)c2CCOS(=O)(=O)c2ccc(C)cc2)cc1. The number of benzene rings is 3. The second kappa shape index (κ2) is 21.0. The summed E-state index contributed by atoms with van der Waals surface area (Å²) < 4.78 is 66.2. The quantitative estimate of drug-likeness (QED) is 0.0515. The third kappa shape index (κ3) is 13.3. The summed E-state index contributed by atoms with van der Waals surface area (Å²) in [5.41, 5.74) is 2.77. The number of hydrogen-bond donors (Lipinski definition) is 0. The molecule has 1 fully saturated rings. The molecule has 5 rings (SSSR count). The molecule has 1 amide bonds. The number of piperidine rings is 1. The monoisotopic (exact) mass is 839 g/mol. The number of methoxy groups -OCH3 is 1. The number of aromatic nitrogens is 2. The van der Waals surface area contributed by atoms with Gasteiger partial charge in [0.25, 0.3) is 10.1 Å². The van der Waals surface area contributed by atoms with E-state index in [9.17, 15) is 13.2 Å². The van der Waals surface area contributed by atoms with Crippen molar-refractivity contribution in [3.63, 3.8) is 0 Å². The fourth-order valence-electron chi connectivity index (χ4n) is 6.36. The summed E-state index contributed by atoms with van der Waals surface area (Å²) in [5, 5.41) is 0.143. The van der Waals surface area contributed by atoms with Crippen LogP contribution in [0.2, 0.25) is 5.15 Å². The summed E-state index contributed by atoms with van der Waals surface area (Å²) in [6.07, 6.45) is 0.712. The Morgan fingerprint density at radius 3 is 2.36 bits per heavy atom. The first-order valence-electron chi connectivity index (χ1n) is 19.4. The van der Waals surface area contributed by atoms with Crippen molar-refractivity contribution in [2.24, 2.45) is 0 Å². The van der Waals surface area contributed by atoms with Crippen LogP contribution in [0.1, 0.15) is 67.6 Å². The zero-order valence-corrected chi connectivity index (χ0v) is 35.6. The number of carbonyl (C=O) groups excluding carboxylic acids is 1. The summed E-state index contributed by atoms with van der Waals surface area (Å²) in [7, 11) is -2.33. The van der Waals surface area contributed by atoms with E-state index in [4.69, 9.17) is 44.2 Å². The van der Waals surface area contributed by atoms with E-state index in [1.54, 1.807) is 31.1 Å². The first kappa shape index (κ1) is 44.6. The lowest BCUT2D eigenvalue weighted by Crippen LogP contribution is -2.48. The van der Waals surface area contributed by atoms with Crippen molar-refractivity contribution in [3.05, 3.63) is 106 Å². The van der Waals surface area contributed by atoms with Gasteiger partial charge in [0.05, 0.1) is 63.3 Å². The second-order valence-electron chi connectivity index (χ2n) is 14.9. The number of amides is 1. The van der Waals surface area contributed by atoms with E-state index in [1.807, 2.05) is 76.2 Å². The minimum Gasteiger partial charge on any atom is -0.496 e. The Labute approximate surface area is 347 Å². The highest BCUT2D eigenvalue weighted by Crippen LogP contribution is 2.33. The Kier molecular flexibility index (Phi) is 16.1. The van der Waals surface area contributed by atoms with Gasteiger partial charge in [-0.25, -0.2) is 9.78 Å². The number of likely N-dealkylation sites (tertiary alicyclic amines) is 1. The van der Waals surface area contributed by atoms with Crippen LogP contribution in [0, 0.1) is 13.8 Å². The normalized spacial score (nSPS) is 15.9. The van der Waals surface area contributed by atoms with Crippen LogP contribution in [0.3, 0.4) is 0 Å². The molecule has 0 radical (unpaired) electrons. The third-order valence-corrected chi connectivity index (χ3v) is 10.9. The van der Waals surface area contributed by atoms with Crippen molar-refractivity contribution in [1.82, 2.24) is 14.9 Å². The van der Waals surface area contributed by atoms with Crippen LogP contribution in [0.4, 0.5) is 4.79 Å². The van der Waals surface area contributed by atoms with Crippen LogP contribution < -0.4 is 14.2 Å². The van der Waals surface area contributed by atoms with E-state index in [0.29, 0.717) is 50.7 Å². The van der Waals surface area contributed by atoms with E-state index in [1.165, 1.54) is 12.1 Å². The average molecular weight is 840 g/mol. The molecule has 1 aliphatic heterocycles. The Bertz CT molecular complexity index is 2040. The highest BCUT2D eigenvalue weighted by atomic mass is 35.5. The molecule has 58 heavy (non-hydrogen) atoms. The molecule has 4 aromatic rings. The van der Waals surface area contributed by atoms with Gasteiger partial charge in [-0.2, -0.15) is 13.4 Å². The maximum atomic E-state index is 13.1. The topological polar surface area (TPSA) is 145 Å². The molecule has 2 heterocycles. The molecule has 1 aliphatic rings. The molecule has 1 aromatic heterocycles. The maximum absolute atomic E-state index is 13.1. The van der Waals surface area contributed by atoms with Gasteiger partial charge >= 0.3 is 6.09 Å². The van der Waals surface area contributed by atoms with Gasteiger partial charge in [0.1, 0.15) is 34.7 Å². The molecule has 0 N–H and O–H groups in total. The summed E-state index contributed by atoms with van der Waals surface area (Å²) in [6, 6.07) is 22.2. The van der Waals surface area contributed by atoms with Crippen molar-refractivity contribution in [3.8, 4) is 17.4 Å². The largest absolute Gasteiger partial charge is 0.496 e. The minimum atomic E-state index is -3.98. The predicted molar refractivity (Wildman–Crippen MR) is 219 cm³/mol. The fourth-order valence-corrected chi connectivity index (χ4v) is 7.56. The second-order valence-corrected chi connectivity index (χ2v) is 16.9. The number of rotatable bonds is 19. The highest BCUT2D eigenvalue weighted by Gasteiger charge is 2.35. The van der Waals surface area contributed by atoms with Crippen molar-refractivity contribution >= 4 is 27.8 Å². The molecule has 1 saturated heterocycles. The first-order chi connectivity index (χ1) is 27.7. The summed E-state index contributed by atoms with van der Waals surface area (Å²) in [4.78, 5) is 23.5. The highest BCUT2D eigenvalue weighted by molar-refractivity contribution is 7.86. The zero-order chi connectivity index (χ0) is 41.7. The number of hydrogen-bond acceptors (Lipinski definition) is 12. The minimum absolute atomic E-state index is 0.0185. The number of carbonyl (C=O) groups is 1. The predicted octanol–water partition coefficient (Wildman–Crippen LogP) is 7.88. The number of halogens is 1. The van der Waals surface area contributed by atoms with Crippen molar-refractivity contribution < 1.29 is 45.8 Å². The smallest absolute Gasteiger partial charge is 0.410 e. The lowest BCUT2D eigenvalue weighted by Gasteiger charge is -2.39. The van der Waals surface area contributed by atoms with Gasteiger partial charge in [0, 0.05) is 30.9 Å². The number of para-hydroxylation sites is 1. The maximum Gasteiger partial charge on any atom is 0.410 e. The lowest BCUT2D eigenvalue weighted by molar-refractivity contribution is -0.0361. The van der Waals surface area contributed by atoms with Crippen LogP contribution in [0.25, 0.3) is 0 Å². The Balaban J connectivity index is 1.16. The molecule has 0 spiro atoms. The van der Waals surface area contributed by atoms with Gasteiger partial charge in [-0.05, 0) is 76.9 Å². The van der Waals surface area contributed by atoms with Gasteiger partial charge in [-0.3, -0.25) is 4.18 Å². The van der Waals surface area contributed by atoms with Crippen LogP contribution in [0.15, 0.2) is 77.7 Å². The number of aryl methyl sites for hydroxylation is 2. The summed E-state index contributed by atoms with van der Waals surface area (Å²) in [6.45, 7) is 11.5. The van der Waals surface area contributed by atoms with Crippen LogP contribution in [-0.2, 0) is 41.5 Å². The molecule has 2 atom stereocenters. The first-order valence-corrected chi connectivity index (χ1v) is 21.1. The summed E-state index contributed by atoms with van der Waals surface area (Å²) in [5.74, 6) is 2.14. The molecule has 0 bridgehead atoms. The van der Waals surface area contributed by atoms with Gasteiger partial charge in [-0.1, -0.05) is 59.6 Å². The van der Waals surface area contributed by atoms with Crippen LogP contribution >= 0.6 is 11.6 Å². The van der Waals surface area contributed by atoms with E-state index in [0.717, 1.165) is 34.6 Å². The fraction of sp³-hybridized carbons (Fsp3) is 0.465. The van der Waals surface area contributed by atoms with Crippen molar-refractivity contribution in [2.45, 2.75) is 83.0 Å². The van der Waals surface area contributed by atoms with Gasteiger partial charge in [-0.15, -0.1) is 0 Å². The molecule has 0 aliphatic carbocycles. The molecule has 314 valence electrons. The number of ether oxygens (including phenoxy) is 6. The molecular weight excluding hydrogens is 786 g/mol. The van der Waals surface area contributed by atoms with Gasteiger partial charge in [0.15, 0.2) is 0 Å². The Hall–Kier alpha value is -4.47. The lowest BCUT2D eigenvalue weighted by atomic mass is 9.87. The van der Waals surface area contributed by atoms with Crippen molar-refractivity contribution in [2.75, 3.05) is 53.2 Å². The van der Waals surface area contributed by atoms with E-state index >= 15 is 0 Å². The van der Waals surface area contributed by atoms with E-state index in [2.05, 4.69) is 9.97 Å². The molecule has 0 saturated carbocycles. The molecule has 13 nitrogen and oxygen atoms in total. The average Bonchev–Trinajstić information content (AvgIpc) is 3.18. The summed E-state index contributed by atoms with van der Waals surface area (Å²) >= 11 is 6.49. The van der Waals surface area contributed by atoms with Crippen LogP contribution in [0.5, 0.6) is 17.4 Å². The van der Waals surface area contributed by atoms with E-state index in [-0.39, 0.29) is 54.2 Å². The van der Waals surface area contributed by atoms with Gasteiger partial charge < -0.3 is 33.3 Å². The standard InChI is InChI=1S/C43H54ClN3O10S/c1-30-12-18-35(19-13-30)58(49,50)56-25-21-37-40(44)45-31(2)46-41(37)55-27-26-54-39-28-47(42(48)57-43(3,4)5)22-20-36(39)32-14-16-34(17-15-32)53-24-9-23-52-29-33-10-7-8-11-38(33)51-6/h7-8,10-19,36,39H,9,20-29H2,1-6H3. The van der Waals surface area contributed by atoms with Gasteiger partial charge in [0.2, 0.25) is 5.88 Å². The van der Waals surface area contributed by atoms with E-state index < -0.39 is 21.8 Å². The van der Waals surface area contributed by atoms with Crippen molar-refractivity contribution in [1.29, 1.82) is 0 Å². The van der Waals surface area contributed by atoms with Crippen LogP contribution in [-0.4, -0.2) is 94.3 Å². The Morgan fingerprint density at radius 1 is 0.897 bits per heavy atom. The molecule has 15 heteroatoms.